The van der Waals surface area contributed by atoms with Crippen LogP contribution in [0.1, 0.15) is 12.8 Å². The Morgan fingerprint density at radius 3 is 2.65 bits per heavy atom. The van der Waals surface area contributed by atoms with Crippen molar-refractivity contribution in [2.45, 2.75) is 24.9 Å². The van der Waals surface area contributed by atoms with E-state index >= 15 is 0 Å². The van der Waals surface area contributed by atoms with Gasteiger partial charge in [-0.1, -0.05) is 0 Å². The number of carbonyl (C=O) groups is 3. The van der Waals surface area contributed by atoms with Crippen molar-refractivity contribution in [3.8, 4) is 0 Å². The highest BCUT2D eigenvalue weighted by atomic mass is 16.5. The maximum absolute atomic E-state index is 11.6. The molecule has 2 aliphatic heterocycles. The normalized spacial score (nSPS) is 27.0. The van der Waals surface area contributed by atoms with Gasteiger partial charge in [-0.25, -0.2) is 20.1 Å². The van der Waals surface area contributed by atoms with E-state index in [9.17, 15) is 19.6 Å². The number of rotatable bonds is 1. The van der Waals surface area contributed by atoms with E-state index in [0.29, 0.717) is 17.9 Å². The third kappa shape index (κ3) is 1.96. The SMILES string of the molecule is O=C(O)NNC(=O)[C@@H]1CC[C@@H]2CN1C(=O)N2O. The van der Waals surface area contributed by atoms with Gasteiger partial charge in [-0.05, 0) is 12.8 Å². The topological polar surface area (TPSA) is 122 Å². The quantitative estimate of drug-likeness (QED) is 0.346. The average molecular weight is 244 g/mol. The van der Waals surface area contributed by atoms with Crippen molar-refractivity contribution < 1.29 is 24.7 Å². The van der Waals surface area contributed by atoms with Gasteiger partial charge >= 0.3 is 12.1 Å². The summed E-state index contributed by atoms with van der Waals surface area (Å²) in [6.45, 7) is 0.278. The Hall–Kier alpha value is -2.03. The minimum absolute atomic E-state index is 0.278. The lowest BCUT2D eigenvalue weighted by Gasteiger charge is -2.28. The molecule has 94 valence electrons. The number of piperidine rings is 1. The van der Waals surface area contributed by atoms with Gasteiger partial charge in [0.25, 0.3) is 5.91 Å². The molecular weight excluding hydrogens is 232 g/mol. The van der Waals surface area contributed by atoms with Gasteiger partial charge in [-0.3, -0.25) is 15.4 Å². The molecule has 0 aliphatic carbocycles. The summed E-state index contributed by atoms with van der Waals surface area (Å²) >= 11 is 0. The number of hydrazine groups is 1. The van der Waals surface area contributed by atoms with Crippen molar-refractivity contribution in [3.05, 3.63) is 0 Å². The lowest BCUT2D eigenvalue weighted by atomic mass is 10.0. The zero-order valence-electron chi connectivity index (χ0n) is 8.79. The van der Waals surface area contributed by atoms with E-state index < -0.39 is 24.1 Å². The van der Waals surface area contributed by atoms with Gasteiger partial charge in [-0.15, -0.1) is 0 Å². The molecule has 2 bridgehead atoms. The highest BCUT2D eigenvalue weighted by Crippen LogP contribution is 2.28. The van der Waals surface area contributed by atoms with Crippen LogP contribution in [0.2, 0.25) is 0 Å². The monoisotopic (exact) mass is 244 g/mol. The number of carboxylic acid groups (broad SMARTS) is 1. The lowest BCUT2D eigenvalue weighted by Crippen LogP contribution is -2.53. The first-order valence-corrected chi connectivity index (χ1v) is 5.08. The molecule has 2 atom stereocenters. The summed E-state index contributed by atoms with van der Waals surface area (Å²) in [5.41, 5.74) is 3.72. The van der Waals surface area contributed by atoms with Crippen molar-refractivity contribution in [1.29, 1.82) is 0 Å². The molecule has 0 aromatic carbocycles. The summed E-state index contributed by atoms with van der Waals surface area (Å²) in [7, 11) is 0. The van der Waals surface area contributed by atoms with Gasteiger partial charge in [0.15, 0.2) is 0 Å². The third-order valence-corrected chi connectivity index (χ3v) is 2.94. The minimum atomic E-state index is -1.39. The van der Waals surface area contributed by atoms with Gasteiger partial charge < -0.3 is 10.0 Å². The summed E-state index contributed by atoms with van der Waals surface area (Å²) in [5, 5.41) is 18.3. The predicted molar refractivity (Wildman–Crippen MR) is 51.8 cm³/mol. The molecule has 2 rings (SSSR count). The first kappa shape index (κ1) is 11.5. The molecule has 2 heterocycles. The molecule has 0 radical (unpaired) electrons. The Labute approximate surface area is 95.9 Å². The summed E-state index contributed by atoms with van der Waals surface area (Å²) in [5.74, 6) is -0.602. The van der Waals surface area contributed by atoms with E-state index in [0.717, 1.165) is 0 Å². The van der Waals surface area contributed by atoms with Crippen LogP contribution in [0.3, 0.4) is 0 Å². The Morgan fingerprint density at radius 1 is 1.29 bits per heavy atom. The third-order valence-electron chi connectivity index (χ3n) is 2.94. The molecule has 4 amide bonds. The highest BCUT2D eigenvalue weighted by molar-refractivity contribution is 5.89. The molecule has 0 aromatic heterocycles. The first-order valence-electron chi connectivity index (χ1n) is 5.08. The van der Waals surface area contributed by atoms with Crippen LogP contribution in [0, 0.1) is 0 Å². The summed E-state index contributed by atoms with van der Waals surface area (Å²) in [4.78, 5) is 34.6. The van der Waals surface area contributed by atoms with Crippen molar-refractivity contribution in [2.24, 2.45) is 0 Å². The Kier molecular flexibility index (Phi) is 2.76. The molecule has 2 saturated heterocycles. The fourth-order valence-corrected chi connectivity index (χ4v) is 2.12. The number of nitrogens with zero attached hydrogens (tertiary/aromatic N) is 2. The Bertz CT molecular complexity index is 373. The van der Waals surface area contributed by atoms with Crippen LogP contribution in [-0.4, -0.2) is 56.9 Å². The van der Waals surface area contributed by atoms with Crippen molar-refractivity contribution in [1.82, 2.24) is 20.8 Å². The van der Waals surface area contributed by atoms with Crippen LogP contribution in [-0.2, 0) is 4.79 Å². The predicted octanol–water partition coefficient (Wildman–Crippen LogP) is -1.06. The van der Waals surface area contributed by atoms with Crippen molar-refractivity contribution in [2.75, 3.05) is 6.54 Å². The number of urea groups is 1. The van der Waals surface area contributed by atoms with E-state index in [2.05, 4.69) is 0 Å². The van der Waals surface area contributed by atoms with Gasteiger partial charge in [-0.2, -0.15) is 0 Å². The number of hydrogen-bond donors (Lipinski definition) is 4. The van der Waals surface area contributed by atoms with E-state index in [-0.39, 0.29) is 12.6 Å². The second kappa shape index (κ2) is 4.09. The van der Waals surface area contributed by atoms with Crippen LogP contribution in [0.4, 0.5) is 9.59 Å². The molecule has 17 heavy (non-hydrogen) atoms. The fourth-order valence-electron chi connectivity index (χ4n) is 2.12. The largest absolute Gasteiger partial charge is 0.464 e. The number of nitrogens with one attached hydrogen (secondary N) is 2. The highest BCUT2D eigenvalue weighted by Gasteiger charge is 2.46. The Balaban J connectivity index is 2.00. The number of hydroxylamine groups is 2. The molecule has 0 aromatic rings. The number of fused-ring (bicyclic) bond motifs is 2. The number of amides is 4. The average Bonchev–Trinajstić information content (AvgIpc) is 2.52. The molecule has 4 N–H and O–H groups in total. The smallest absolute Gasteiger partial charge is 0.423 e. The lowest BCUT2D eigenvalue weighted by molar-refractivity contribution is -0.126. The fraction of sp³-hybridized carbons (Fsp3) is 0.625. The van der Waals surface area contributed by atoms with Crippen LogP contribution in [0.5, 0.6) is 0 Å². The van der Waals surface area contributed by atoms with Crippen molar-refractivity contribution >= 4 is 18.0 Å². The molecule has 2 fully saturated rings. The molecular formula is C8H12N4O5. The zero-order valence-corrected chi connectivity index (χ0v) is 8.79. The van der Waals surface area contributed by atoms with Crippen molar-refractivity contribution in [3.63, 3.8) is 0 Å². The van der Waals surface area contributed by atoms with Crippen LogP contribution in [0.25, 0.3) is 0 Å². The van der Waals surface area contributed by atoms with Gasteiger partial charge in [0.2, 0.25) is 0 Å². The van der Waals surface area contributed by atoms with E-state index in [4.69, 9.17) is 5.11 Å². The summed E-state index contributed by atoms with van der Waals surface area (Å²) in [6, 6.07) is -1.65. The Morgan fingerprint density at radius 2 is 2.00 bits per heavy atom. The van der Waals surface area contributed by atoms with Gasteiger partial charge in [0.1, 0.15) is 6.04 Å². The first-order chi connectivity index (χ1) is 8.00. The van der Waals surface area contributed by atoms with Crippen LogP contribution >= 0.6 is 0 Å². The molecule has 9 heteroatoms. The number of hydrogen-bond acceptors (Lipinski definition) is 4. The van der Waals surface area contributed by atoms with E-state index in [1.165, 1.54) is 4.90 Å². The van der Waals surface area contributed by atoms with E-state index in [1.54, 1.807) is 5.43 Å². The molecule has 0 spiro atoms. The van der Waals surface area contributed by atoms with Gasteiger partial charge in [0, 0.05) is 6.54 Å². The zero-order chi connectivity index (χ0) is 12.6. The van der Waals surface area contributed by atoms with Gasteiger partial charge in [0.05, 0.1) is 6.04 Å². The molecule has 9 nitrogen and oxygen atoms in total. The molecule has 2 aliphatic rings. The maximum Gasteiger partial charge on any atom is 0.423 e. The molecule has 0 unspecified atom stereocenters. The minimum Gasteiger partial charge on any atom is -0.464 e. The maximum atomic E-state index is 11.6. The summed E-state index contributed by atoms with van der Waals surface area (Å²) in [6.07, 6.45) is -0.492. The standard InChI is InChI=1S/C8H12N4O5/c13-6(9-10-7(14)15)5-2-1-4-3-11(5)8(16)12(4)17/h4-5,10,17H,1-3H2,(H,9,13)(H,14,15)/t4-,5+/m1/s1. The summed E-state index contributed by atoms with van der Waals surface area (Å²) < 4.78 is 0. The second-order valence-corrected chi connectivity index (χ2v) is 3.95. The second-order valence-electron chi connectivity index (χ2n) is 3.95. The molecule has 0 saturated carbocycles. The number of carbonyl (C=O) groups excluding carboxylic acids is 2. The van der Waals surface area contributed by atoms with Crippen LogP contribution < -0.4 is 10.9 Å². The van der Waals surface area contributed by atoms with Crippen LogP contribution in [0.15, 0.2) is 0 Å². The van der Waals surface area contributed by atoms with E-state index in [1.807, 2.05) is 5.43 Å².